The summed E-state index contributed by atoms with van der Waals surface area (Å²) in [6.45, 7) is 5.22. The predicted octanol–water partition coefficient (Wildman–Crippen LogP) is 4.23. The molecule has 0 amide bonds. The van der Waals surface area contributed by atoms with Gasteiger partial charge in [0.2, 0.25) is 0 Å². The van der Waals surface area contributed by atoms with Gasteiger partial charge in [-0.25, -0.2) is 4.39 Å². The summed E-state index contributed by atoms with van der Waals surface area (Å²) in [5, 5.41) is 5.50. The maximum absolute atomic E-state index is 13.6. The molecular formula is C22H30FN3O. The summed E-state index contributed by atoms with van der Waals surface area (Å²) < 4.78 is 21.8. The van der Waals surface area contributed by atoms with Crippen LogP contribution < -0.4 is 0 Å². The second kappa shape index (κ2) is 7.17. The van der Waals surface area contributed by atoms with Gasteiger partial charge < -0.3 is 4.74 Å². The van der Waals surface area contributed by atoms with Crippen molar-refractivity contribution in [2.24, 2.45) is 11.8 Å². The second-order valence-corrected chi connectivity index (χ2v) is 9.09. The van der Waals surface area contributed by atoms with E-state index in [1.165, 1.54) is 44.6 Å². The van der Waals surface area contributed by atoms with E-state index in [4.69, 9.17) is 4.74 Å². The normalized spacial score (nSPS) is 29.5. The molecule has 3 aliphatic rings. The van der Waals surface area contributed by atoms with E-state index in [1.54, 1.807) is 6.07 Å². The number of ether oxygens (including phenoxy) is 1. The maximum Gasteiger partial charge on any atom is 0.125 e. The summed E-state index contributed by atoms with van der Waals surface area (Å²) in [4.78, 5) is 2.73. The lowest BCUT2D eigenvalue weighted by Crippen LogP contribution is -2.47. The van der Waals surface area contributed by atoms with Gasteiger partial charge in [0, 0.05) is 37.2 Å². The molecule has 1 saturated carbocycles. The van der Waals surface area contributed by atoms with Crippen molar-refractivity contribution in [1.82, 2.24) is 14.7 Å². The number of halogens is 1. The summed E-state index contributed by atoms with van der Waals surface area (Å²) in [7, 11) is 0. The Hall–Kier alpha value is -1.46. The zero-order valence-electron chi connectivity index (χ0n) is 16.2. The number of rotatable bonds is 7. The van der Waals surface area contributed by atoms with Crippen LogP contribution in [-0.2, 0) is 11.3 Å². The average Bonchev–Trinajstić information content (AvgIpc) is 3.37. The molecule has 1 aromatic carbocycles. The van der Waals surface area contributed by atoms with Gasteiger partial charge in [-0.2, -0.15) is 5.10 Å². The maximum atomic E-state index is 13.6. The lowest BCUT2D eigenvalue weighted by atomic mass is 9.98. The first-order chi connectivity index (χ1) is 13.2. The molecule has 4 nitrogen and oxygen atoms in total. The molecule has 0 N–H and O–H groups in total. The molecule has 1 aliphatic carbocycles. The van der Waals surface area contributed by atoms with Gasteiger partial charge in [0.1, 0.15) is 5.82 Å². The van der Waals surface area contributed by atoms with Gasteiger partial charge >= 0.3 is 0 Å². The van der Waals surface area contributed by atoms with Crippen LogP contribution in [0.2, 0.25) is 0 Å². The van der Waals surface area contributed by atoms with Crippen molar-refractivity contribution in [3.63, 3.8) is 0 Å². The number of hydrogen-bond donors (Lipinski definition) is 0. The van der Waals surface area contributed by atoms with E-state index in [0.29, 0.717) is 24.1 Å². The Kier molecular flexibility index (Phi) is 4.68. The summed E-state index contributed by atoms with van der Waals surface area (Å²) in [6.07, 6.45) is 10.1. The van der Waals surface area contributed by atoms with Crippen molar-refractivity contribution < 1.29 is 9.13 Å². The Bertz CT molecular complexity index is 788. The van der Waals surface area contributed by atoms with Gasteiger partial charge in [0.05, 0.1) is 17.8 Å². The van der Waals surface area contributed by atoms with E-state index in [0.717, 1.165) is 36.5 Å². The molecule has 4 atom stereocenters. The average molecular weight is 372 g/mol. The Morgan fingerprint density at radius 2 is 1.93 bits per heavy atom. The Balaban J connectivity index is 1.19. The Labute approximate surface area is 160 Å². The summed E-state index contributed by atoms with van der Waals surface area (Å²) in [6, 6.07) is 6.28. The third kappa shape index (κ3) is 3.77. The van der Waals surface area contributed by atoms with E-state index in [2.05, 4.69) is 16.9 Å². The molecule has 0 spiro atoms. The Morgan fingerprint density at radius 3 is 2.67 bits per heavy atom. The fraction of sp³-hybridized carbons (Fsp3) is 0.682. The standard InChI is InChI=1S/C22H30FN3O/c1-15(13-26-22-8-18(23)5-4-17(22)11-24-26)12-25-19-6-7-20(25)10-21(9-19)27-14-16-2-3-16/h4-5,8,11,15-16,19-21H,2-3,6-7,9-10,12-14H2,1H3/t15-,19-,20+,21?/m1/s1. The molecule has 5 rings (SSSR count). The molecule has 0 radical (unpaired) electrons. The van der Waals surface area contributed by atoms with Crippen LogP contribution in [0.4, 0.5) is 4.39 Å². The zero-order valence-corrected chi connectivity index (χ0v) is 16.2. The van der Waals surface area contributed by atoms with Crippen molar-refractivity contribution >= 4 is 10.9 Å². The van der Waals surface area contributed by atoms with Crippen molar-refractivity contribution in [3.05, 3.63) is 30.2 Å². The molecule has 5 heteroatoms. The van der Waals surface area contributed by atoms with Crippen LogP contribution in [0.25, 0.3) is 10.9 Å². The molecule has 2 saturated heterocycles. The number of hydrogen-bond acceptors (Lipinski definition) is 3. The molecule has 2 aliphatic heterocycles. The second-order valence-electron chi connectivity index (χ2n) is 9.09. The predicted molar refractivity (Wildman–Crippen MR) is 104 cm³/mol. The SMILES string of the molecule is C[C@H](CN1[C@@H]2CC[C@H]1CC(OCC1CC1)C2)Cn1ncc2ccc(F)cc21. The van der Waals surface area contributed by atoms with E-state index < -0.39 is 0 Å². The molecular weight excluding hydrogens is 341 g/mol. The summed E-state index contributed by atoms with van der Waals surface area (Å²) >= 11 is 0. The molecule has 2 aromatic rings. The van der Waals surface area contributed by atoms with Gasteiger partial charge in [0.15, 0.2) is 0 Å². The van der Waals surface area contributed by atoms with E-state index >= 15 is 0 Å². The van der Waals surface area contributed by atoms with Crippen molar-refractivity contribution in [3.8, 4) is 0 Å². The van der Waals surface area contributed by atoms with E-state index in [1.807, 2.05) is 16.9 Å². The van der Waals surface area contributed by atoms with Crippen LogP contribution in [0.3, 0.4) is 0 Å². The highest BCUT2D eigenvalue weighted by Gasteiger charge is 2.41. The number of benzene rings is 1. The van der Waals surface area contributed by atoms with Crippen LogP contribution >= 0.6 is 0 Å². The molecule has 3 heterocycles. The van der Waals surface area contributed by atoms with Gasteiger partial charge in [-0.05, 0) is 68.6 Å². The molecule has 2 bridgehead atoms. The van der Waals surface area contributed by atoms with E-state index in [-0.39, 0.29) is 5.82 Å². The molecule has 146 valence electrons. The largest absolute Gasteiger partial charge is 0.378 e. The minimum atomic E-state index is -0.191. The third-order valence-electron chi connectivity index (χ3n) is 6.72. The van der Waals surface area contributed by atoms with Gasteiger partial charge in [0.25, 0.3) is 0 Å². The lowest BCUT2D eigenvalue weighted by Gasteiger charge is -2.40. The molecule has 1 aromatic heterocycles. The van der Waals surface area contributed by atoms with Gasteiger partial charge in [-0.15, -0.1) is 0 Å². The molecule has 1 unspecified atom stereocenters. The number of piperidine rings is 1. The number of fused-ring (bicyclic) bond motifs is 3. The van der Waals surface area contributed by atoms with Crippen LogP contribution in [-0.4, -0.2) is 46.0 Å². The van der Waals surface area contributed by atoms with Crippen LogP contribution in [0, 0.1) is 17.7 Å². The van der Waals surface area contributed by atoms with E-state index in [9.17, 15) is 4.39 Å². The fourth-order valence-electron chi connectivity index (χ4n) is 5.12. The molecule has 27 heavy (non-hydrogen) atoms. The highest BCUT2D eigenvalue weighted by atomic mass is 19.1. The van der Waals surface area contributed by atoms with Crippen molar-refractivity contribution in [2.45, 2.75) is 70.2 Å². The smallest absolute Gasteiger partial charge is 0.125 e. The highest BCUT2D eigenvalue weighted by Crippen LogP contribution is 2.38. The quantitative estimate of drug-likeness (QED) is 0.729. The third-order valence-corrected chi connectivity index (χ3v) is 6.72. The van der Waals surface area contributed by atoms with Crippen molar-refractivity contribution in [1.29, 1.82) is 0 Å². The lowest BCUT2D eigenvalue weighted by molar-refractivity contribution is -0.0276. The number of aromatic nitrogens is 2. The molecule has 3 fully saturated rings. The monoisotopic (exact) mass is 371 g/mol. The topological polar surface area (TPSA) is 30.3 Å². The van der Waals surface area contributed by atoms with Gasteiger partial charge in [-0.1, -0.05) is 6.92 Å². The summed E-state index contributed by atoms with van der Waals surface area (Å²) in [5.41, 5.74) is 0.900. The van der Waals surface area contributed by atoms with Crippen LogP contribution in [0.1, 0.15) is 45.4 Å². The number of nitrogens with zero attached hydrogens (tertiary/aromatic N) is 3. The minimum Gasteiger partial charge on any atom is -0.378 e. The zero-order chi connectivity index (χ0) is 18.4. The minimum absolute atomic E-state index is 0.191. The van der Waals surface area contributed by atoms with Crippen molar-refractivity contribution in [2.75, 3.05) is 13.2 Å². The van der Waals surface area contributed by atoms with Gasteiger partial charge in [-0.3, -0.25) is 9.58 Å². The summed E-state index contributed by atoms with van der Waals surface area (Å²) in [5.74, 6) is 1.15. The first-order valence-corrected chi connectivity index (χ1v) is 10.6. The highest BCUT2D eigenvalue weighted by molar-refractivity contribution is 5.78. The van der Waals surface area contributed by atoms with Crippen LogP contribution in [0.5, 0.6) is 0 Å². The Morgan fingerprint density at radius 1 is 1.15 bits per heavy atom. The van der Waals surface area contributed by atoms with Crippen LogP contribution in [0.15, 0.2) is 24.4 Å². The first kappa shape index (κ1) is 17.6. The first-order valence-electron chi connectivity index (χ1n) is 10.6. The fourth-order valence-corrected chi connectivity index (χ4v) is 5.12.